The number of hydrogen-bond acceptors (Lipinski definition) is 5. The lowest BCUT2D eigenvalue weighted by atomic mass is 9.96. The minimum Gasteiger partial charge on any atom is -0.630 e. The molecule has 2 atom stereocenters. The molecule has 1 N–H and O–H groups in total. The highest BCUT2D eigenvalue weighted by molar-refractivity contribution is 8.02. The first-order chi connectivity index (χ1) is 8.86. The number of rotatable bonds is 1. The average Bonchev–Trinajstić information content (AvgIpc) is 2.60. The molecule has 2 rings (SSSR count). The van der Waals surface area contributed by atoms with Gasteiger partial charge in [0.1, 0.15) is 13.2 Å². The Bertz CT molecular complexity index is 371. The molecule has 118 valence electrons. The molecule has 0 unspecified atom stereocenters. The maximum atomic E-state index is 13.1. The summed E-state index contributed by atoms with van der Waals surface area (Å²) in [6.07, 6.45) is 0. The van der Waals surface area contributed by atoms with Crippen LogP contribution in [0.4, 0.5) is 0 Å². The zero-order chi connectivity index (χ0) is 15.4. The van der Waals surface area contributed by atoms with Gasteiger partial charge < -0.3 is 4.89 Å². The summed E-state index contributed by atoms with van der Waals surface area (Å²) in [5.74, 6) is -0.250. The molecule has 0 aromatic heterocycles. The van der Waals surface area contributed by atoms with E-state index in [2.05, 4.69) is 53.8 Å². The van der Waals surface area contributed by atoms with Gasteiger partial charge in [-0.15, -0.1) is 11.8 Å². The summed E-state index contributed by atoms with van der Waals surface area (Å²) in [6, 6.07) is 0. The number of hydrogen-bond donors (Lipinski definition) is 1. The maximum Gasteiger partial charge on any atom is 0.256 e. The van der Waals surface area contributed by atoms with E-state index in [1.807, 2.05) is 11.8 Å². The van der Waals surface area contributed by atoms with Gasteiger partial charge in [0.2, 0.25) is 0 Å². The fourth-order valence-corrected chi connectivity index (χ4v) is 6.96. The summed E-state index contributed by atoms with van der Waals surface area (Å²) >= 11 is 1.83. The standard InChI is InChI=1S/C14H28NO3PS/c1-12(2,3)11-15-10(14(6,7)20-11)19(16)17-8-13(4,5)9-18-19/h10-11,15H,8-9H2,1-7H3/t10-,11+/m0/s1. The second kappa shape index (κ2) is 5.07. The van der Waals surface area contributed by atoms with Gasteiger partial charge in [0.05, 0.1) is 10.1 Å². The molecule has 0 radical (unpaired) electrons. The molecular weight excluding hydrogens is 293 g/mol. The van der Waals surface area contributed by atoms with Gasteiger partial charge in [-0.1, -0.05) is 34.6 Å². The van der Waals surface area contributed by atoms with Crippen molar-refractivity contribution >= 4 is 19.7 Å². The van der Waals surface area contributed by atoms with Crippen LogP contribution in [0.25, 0.3) is 0 Å². The summed E-state index contributed by atoms with van der Waals surface area (Å²) in [5.41, 5.74) is 0.0398. The van der Waals surface area contributed by atoms with Gasteiger partial charge >= 0.3 is 0 Å². The Labute approximate surface area is 128 Å². The van der Waals surface area contributed by atoms with Crippen molar-refractivity contribution in [2.45, 2.75) is 64.4 Å². The largest absolute Gasteiger partial charge is 0.630 e. The Kier molecular flexibility index (Phi) is 4.31. The Hall–Kier alpha value is 0.620. The van der Waals surface area contributed by atoms with Crippen LogP contribution in [0, 0.1) is 10.8 Å². The van der Waals surface area contributed by atoms with Crippen LogP contribution in [0.2, 0.25) is 0 Å². The molecule has 0 saturated carbocycles. The second-order valence-corrected chi connectivity index (χ2v) is 12.2. The van der Waals surface area contributed by atoms with Gasteiger partial charge in [0, 0.05) is 5.41 Å². The fraction of sp³-hybridized carbons (Fsp3) is 1.00. The van der Waals surface area contributed by atoms with Gasteiger partial charge in [-0.3, -0.25) is 5.32 Å². The van der Waals surface area contributed by atoms with Crippen LogP contribution in [-0.4, -0.2) is 29.1 Å². The van der Waals surface area contributed by atoms with Gasteiger partial charge in [-0.25, -0.2) is 9.05 Å². The lowest BCUT2D eigenvalue weighted by Crippen LogP contribution is -2.50. The minimum absolute atomic E-state index is 0.0623. The Morgan fingerprint density at radius 1 is 1.15 bits per heavy atom. The van der Waals surface area contributed by atoms with Gasteiger partial charge in [0.25, 0.3) is 7.94 Å². The molecule has 0 bridgehead atoms. The average molecular weight is 321 g/mol. The molecule has 2 saturated heterocycles. The van der Waals surface area contributed by atoms with Crippen molar-refractivity contribution in [1.82, 2.24) is 5.32 Å². The maximum absolute atomic E-state index is 13.1. The third kappa shape index (κ3) is 3.34. The van der Waals surface area contributed by atoms with E-state index < -0.39 is 7.94 Å². The lowest BCUT2D eigenvalue weighted by Gasteiger charge is -2.43. The van der Waals surface area contributed by atoms with Crippen LogP contribution in [0.15, 0.2) is 0 Å². The highest BCUT2D eigenvalue weighted by atomic mass is 32.2. The summed E-state index contributed by atoms with van der Waals surface area (Å²) in [6.45, 7) is 15.9. The second-order valence-electron chi connectivity index (χ2n) is 8.29. The van der Waals surface area contributed by atoms with Crippen molar-refractivity contribution in [3.8, 4) is 0 Å². The van der Waals surface area contributed by atoms with Crippen molar-refractivity contribution in [3.63, 3.8) is 0 Å². The Morgan fingerprint density at radius 2 is 1.65 bits per heavy atom. The summed E-state index contributed by atoms with van der Waals surface area (Å²) in [4.78, 5) is 13.1. The number of thioether (sulfide) groups is 1. The van der Waals surface area contributed by atoms with E-state index in [0.29, 0.717) is 13.2 Å². The van der Waals surface area contributed by atoms with Crippen LogP contribution in [0.5, 0.6) is 0 Å². The van der Waals surface area contributed by atoms with E-state index in [1.54, 1.807) is 0 Å². The molecule has 4 nitrogen and oxygen atoms in total. The molecule has 0 aliphatic carbocycles. The highest BCUT2D eigenvalue weighted by Crippen LogP contribution is 2.67. The topological polar surface area (TPSA) is 53.5 Å². The zero-order valence-corrected chi connectivity index (χ0v) is 15.4. The van der Waals surface area contributed by atoms with E-state index >= 15 is 0 Å². The van der Waals surface area contributed by atoms with Crippen LogP contribution in [0.3, 0.4) is 0 Å². The molecule has 2 fully saturated rings. The van der Waals surface area contributed by atoms with Crippen LogP contribution >= 0.6 is 19.7 Å². The summed E-state index contributed by atoms with van der Waals surface area (Å²) in [5, 5.41) is 3.75. The van der Waals surface area contributed by atoms with Gasteiger partial charge in [-0.05, 0) is 19.3 Å². The monoisotopic (exact) mass is 321 g/mol. The first-order valence-electron chi connectivity index (χ1n) is 7.18. The van der Waals surface area contributed by atoms with Crippen molar-refractivity contribution in [2.75, 3.05) is 13.2 Å². The molecule has 0 aromatic rings. The molecule has 0 amide bonds. The van der Waals surface area contributed by atoms with Crippen LogP contribution in [-0.2, 0) is 9.05 Å². The van der Waals surface area contributed by atoms with E-state index in [-0.39, 0.29) is 26.7 Å². The SMILES string of the molecule is CC1(C)CO[P+]([O-])([C@@H]2N[C@@H](C(C)(C)C)SC2(C)C)OC1. The molecule has 6 heteroatoms. The first-order valence-corrected chi connectivity index (χ1v) is 9.68. The smallest absolute Gasteiger partial charge is 0.256 e. The molecule has 0 aromatic carbocycles. The van der Waals surface area contributed by atoms with Crippen molar-refractivity contribution in [3.05, 3.63) is 0 Å². The van der Waals surface area contributed by atoms with Crippen molar-refractivity contribution in [1.29, 1.82) is 0 Å². The summed E-state index contributed by atoms with van der Waals surface area (Å²) in [7, 11) is -3.10. The van der Waals surface area contributed by atoms with E-state index in [1.165, 1.54) is 0 Å². The van der Waals surface area contributed by atoms with E-state index in [9.17, 15) is 4.89 Å². The molecule has 0 spiro atoms. The minimum atomic E-state index is -3.10. The van der Waals surface area contributed by atoms with E-state index in [4.69, 9.17) is 9.05 Å². The molecule has 2 heterocycles. The molecule has 2 aliphatic heterocycles. The van der Waals surface area contributed by atoms with Crippen LogP contribution < -0.4 is 10.2 Å². The predicted molar refractivity (Wildman–Crippen MR) is 84.4 cm³/mol. The first kappa shape index (κ1) is 17.0. The quantitative estimate of drug-likeness (QED) is 0.753. The Balaban J connectivity index is 2.16. The van der Waals surface area contributed by atoms with Crippen molar-refractivity contribution in [2.24, 2.45) is 10.8 Å². The van der Waals surface area contributed by atoms with Gasteiger partial charge in [-0.2, -0.15) is 0 Å². The summed E-state index contributed by atoms with van der Waals surface area (Å²) < 4.78 is 11.3. The highest BCUT2D eigenvalue weighted by Gasteiger charge is 2.59. The molecule has 2 aliphatic rings. The normalized spacial score (nSPS) is 36.0. The van der Waals surface area contributed by atoms with Gasteiger partial charge in [0.15, 0.2) is 5.78 Å². The molecular formula is C14H28NO3PS. The predicted octanol–water partition coefficient (Wildman–Crippen LogP) is 3.00. The lowest BCUT2D eigenvalue weighted by molar-refractivity contribution is -0.237. The third-order valence-corrected chi connectivity index (χ3v) is 8.26. The fourth-order valence-electron chi connectivity index (χ4n) is 2.40. The zero-order valence-electron chi connectivity index (χ0n) is 13.6. The Morgan fingerprint density at radius 3 is 2.05 bits per heavy atom. The third-order valence-electron chi connectivity index (χ3n) is 3.76. The van der Waals surface area contributed by atoms with Crippen molar-refractivity contribution < 1.29 is 13.9 Å². The van der Waals surface area contributed by atoms with Crippen LogP contribution in [0.1, 0.15) is 48.5 Å². The van der Waals surface area contributed by atoms with E-state index in [0.717, 1.165) is 0 Å². The molecule has 20 heavy (non-hydrogen) atoms. The number of nitrogens with one attached hydrogen (secondary N) is 1.